The van der Waals surface area contributed by atoms with Crippen LogP contribution in [0.3, 0.4) is 0 Å². The predicted octanol–water partition coefficient (Wildman–Crippen LogP) is 5.16. The van der Waals surface area contributed by atoms with Gasteiger partial charge in [-0.15, -0.1) is 0 Å². The summed E-state index contributed by atoms with van der Waals surface area (Å²) in [5.41, 5.74) is 3.61. The number of non-ortho nitro benzene ring substituents is 1. The number of ether oxygens (including phenoxy) is 6. The van der Waals surface area contributed by atoms with Crippen LogP contribution in [0.5, 0.6) is 28.7 Å². The van der Waals surface area contributed by atoms with Crippen molar-refractivity contribution in [3.05, 3.63) is 80.9 Å². The third-order valence-electron chi connectivity index (χ3n) is 7.93. The topological polar surface area (TPSA) is 156 Å². The van der Waals surface area contributed by atoms with Gasteiger partial charge in [0.05, 0.1) is 45.4 Å². The highest BCUT2D eigenvalue weighted by Gasteiger charge is 2.28. The van der Waals surface area contributed by atoms with Gasteiger partial charge in [0.15, 0.2) is 23.0 Å². The number of methoxy groups -OCH3 is 2. The number of fused-ring (bicyclic) bond motifs is 2. The number of nitrogens with zero attached hydrogens (tertiary/aromatic N) is 3. The average Bonchev–Trinajstić information content (AvgIpc) is 3.70. The van der Waals surface area contributed by atoms with Gasteiger partial charge in [0.25, 0.3) is 5.69 Å². The van der Waals surface area contributed by atoms with Crippen LogP contribution in [0.25, 0.3) is 0 Å². The first-order chi connectivity index (χ1) is 23.2. The van der Waals surface area contributed by atoms with E-state index in [0.29, 0.717) is 68.8 Å². The zero-order valence-electron chi connectivity index (χ0n) is 27.0. The lowest BCUT2D eigenvalue weighted by Gasteiger charge is -2.15. The zero-order valence-corrected chi connectivity index (χ0v) is 27.0. The molecule has 254 valence electrons. The highest BCUT2D eigenvalue weighted by molar-refractivity contribution is 5.82. The Kier molecular flexibility index (Phi) is 10.8. The van der Waals surface area contributed by atoms with Crippen molar-refractivity contribution >= 4 is 23.7 Å². The van der Waals surface area contributed by atoms with Crippen molar-refractivity contribution in [2.45, 2.75) is 52.4 Å². The minimum atomic E-state index is -0.575. The molecule has 0 atom stereocenters. The lowest BCUT2D eigenvalue weighted by atomic mass is 10.1. The molecule has 0 radical (unpaired) electrons. The van der Waals surface area contributed by atoms with E-state index in [9.17, 15) is 24.5 Å². The molecule has 0 saturated heterocycles. The summed E-state index contributed by atoms with van der Waals surface area (Å²) in [7, 11) is 3.11. The third kappa shape index (κ3) is 8.06. The third-order valence-corrected chi connectivity index (χ3v) is 7.93. The molecular formula is C34H37N3O11. The monoisotopic (exact) mass is 663 g/mol. The molecule has 0 spiro atoms. The molecule has 0 N–H and O–H groups in total. The average molecular weight is 664 g/mol. The van der Waals surface area contributed by atoms with Gasteiger partial charge in [-0.3, -0.25) is 24.6 Å². The molecule has 0 aromatic heterocycles. The van der Waals surface area contributed by atoms with Crippen LogP contribution < -0.4 is 23.7 Å². The van der Waals surface area contributed by atoms with Crippen molar-refractivity contribution in [1.29, 1.82) is 0 Å². The van der Waals surface area contributed by atoms with Gasteiger partial charge in [-0.25, -0.2) is 4.79 Å². The first-order valence-electron chi connectivity index (χ1n) is 15.5. The maximum atomic E-state index is 12.8. The Labute approximate surface area is 277 Å². The fourth-order valence-electron chi connectivity index (χ4n) is 5.49. The summed E-state index contributed by atoms with van der Waals surface area (Å²) in [6.45, 7) is 4.16. The number of hydrogen-bond donors (Lipinski definition) is 0. The second kappa shape index (κ2) is 15.4. The highest BCUT2D eigenvalue weighted by atomic mass is 16.6. The van der Waals surface area contributed by atoms with Crippen LogP contribution in [0.4, 0.5) is 10.5 Å². The van der Waals surface area contributed by atoms with Crippen molar-refractivity contribution < 1.29 is 47.7 Å². The molecule has 0 fully saturated rings. The van der Waals surface area contributed by atoms with Gasteiger partial charge in [0.2, 0.25) is 5.91 Å². The van der Waals surface area contributed by atoms with Crippen molar-refractivity contribution in [3.8, 4) is 28.7 Å². The molecule has 48 heavy (non-hydrogen) atoms. The molecule has 0 aliphatic carbocycles. The molecule has 3 aromatic carbocycles. The number of carbonyl (C=O) groups excluding carboxylic acids is 3. The maximum absolute atomic E-state index is 12.8. The Balaban J connectivity index is 1.11. The summed E-state index contributed by atoms with van der Waals surface area (Å²) in [6.07, 6.45) is 0.119. The van der Waals surface area contributed by atoms with Crippen LogP contribution in [0.1, 0.15) is 48.4 Å². The Morgan fingerprint density at radius 1 is 0.750 bits per heavy atom. The molecule has 14 nitrogen and oxygen atoms in total. The number of carbonyl (C=O) groups is 3. The highest BCUT2D eigenvalue weighted by Crippen LogP contribution is 2.37. The Hall–Kier alpha value is -5.53. The van der Waals surface area contributed by atoms with Gasteiger partial charge in [0.1, 0.15) is 5.75 Å². The van der Waals surface area contributed by atoms with Crippen LogP contribution in [0, 0.1) is 10.1 Å². The molecule has 14 heteroatoms. The quantitative estimate of drug-likeness (QED) is 0.0972. The smallest absolute Gasteiger partial charge is 0.415 e. The van der Waals surface area contributed by atoms with Crippen molar-refractivity contribution in [2.75, 3.05) is 34.0 Å². The molecule has 0 bridgehead atoms. The van der Waals surface area contributed by atoms with Gasteiger partial charge < -0.3 is 33.3 Å². The molecule has 2 heterocycles. The molecule has 2 aliphatic heterocycles. The van der Waals surface area contributed by atoms with Crippen LogP contribution in [-0.4, -0.2) is 66.7 Å². The second-order valence-corrected chi connectivity index (χ2v) is 11.1. The molecule has 3 aromatic rings. The van der Waals surface area contributed by atoms with E-state index in [4.69, 9.17) is 28.4 Å². The number of benzene rings is 3. The predicted molar refractivity (Wildman–Crippen MR) is 170 cm³/mol. The summed E-state index contributed by atoms with van der Waals surface area (Å²) in [5, 5.41) is 10.9. The lowest BCUT2D eigenvalue weighted by molar-refractivity contribution is -0.384. The summed E-state index contributed by atoms with van der Waals surface area (Å²) in [5.74, 6) is 1.90. The van der Waals surface area contributed by atoms with Gasteiger partial charge >= 0.3 is 12.1 Å². The molecule has 0 unspecified atom stereocenters. The van der Waals surface area contributed by atoms with Crippen LogP contribution >= 0.6 is 0 Å². The minimum absolute atomic E-state index is 0.0514. The summed E-state index contributed by atoms with van der Waals surface area (Å²) in [4.78, 5) is 50.7. The van der Waals surface area contributed by atoms with Crippen molar-refractivity contribution in [2.24, 2.45) is 0 Å². The van der Waals surface area contributed by atoms with Crippen LogP contribution in [0.15, 0.2) is 48.5 Å². The summed E-state index contributed by atoms with van der Waals surface area (Å²) < 4.78 is 33.5. The second-order valence-electron chi connectivity index (χ2n) is 11.1. The van der Waals surface area contributed by atoms with Gasteiger partial charge in [-0.2, -0.15) is 0 Å². The largest absolute Gasteiger partial charge is 0.493 e. The number of amides is 2. The zero-order chi connectivity index (χ0) is 34.2. The fraction of sp³-hybridized carbons (Fsp3) is 0.382. The Bertz CT molecular complexity index is 1680. The van der Waals surface area contributed by atoms with Crippen molar-refractivity contribution in [1.82, 2.24) is 9.80 Å². The number of hydrogen-bond acceptors (Lipinski definition) is 11. The standard InChI is InChI=1S/C34H37N3O11/c1-4-45-33(39)11-10-32(38)35-18-22-14-28(43-2)30(16-24(22)19-35)46-12-5-13-47-31-17-25-21-36(20-23(25)15-29(31)44-3)34(40)48-27-8-6-26(7-9-27)37(41)42/h6-9,14-17H,4-5,10-13,18-21H2,1-3H3. The molecule has 5 rings (SSSR count). The van der Waals surface area contributed by atoms with E-state index in [1.807, 2.05) is 24.3 Å². The normalized spacial score (nSPS) is 13.0. The molecule has 0 saturated carbocycles. The SMILES string of the molecule is CCOC(=O)CCC(=O)N1Cc2cc(OC)c(OCCCOc3cc4c(cc3OC)CN(C(=O)Oc3ccc([N+](=O)[O-])cc3)C4)cc2C1. The Morgan fingerprint density at radius 2 is 1.25 bits per heavy atom. The fourth-order valence-corrected chi connectivity index (χ4v) is 5.49. The molecule has 2 aliphatic rings. The van der Waals surface area contributed by atoms with Gasteiger partial charge in [0, 0.05) is 51.2 Å². The lowest BCUT2D eigenvalue weighted by Crippen LogP contribution is -2.28. The maximum Gasteiger partial charge on any atom is 0.415 e. The van der Waals surface area contributed by atoms with Crippen LogP contribution in [0.2, 0.25) is 0 Å². The van der Waals surface area contributed by atoms with E-state index in [-0.39, 0.29) is 42.8 Å². The first kappa shape index (κ1) is 33.8. The van der Waals surface area contributed by atoms with E-state index >= 15 is 0 Å². The van der Waals surface area contributed by atoms with Gasteiger partial charge in [-0.05, 0) is 65.6 Å². The van der Waals surface area contributed by atoms with E-state index in [1.165, 1.54) is 29.2 Å². The van der Waals surface area contributed by atoms with E-state index < -0.39 is 11.0 Å². The summed E-state index contributed by atoms with van der Waals surface area (Å²) in [6, 6.07) is 12.8. The molecule has 2 amide bonds. The number of esters is 1. The number of nitro groups is 1. The van der Waals surface area contributed by atoms with Crippen LogP contribution in [-0.2, 0) is 40.5 Å². The van der Waals surface area contributed by atoms with E-state index in [2.05, 4.69) is 0 Å². The van der Waals surface area contributed by atoms with Crippen molar-refractivity contribution in [3.63, 3.8) is 0 Å². The summed E-state index contributed by atoms with van der Waals surface area (Å²) >= 11 is 0. The van der Waals surface area contributed by atoms with Gasteiger partial charge in [-0.1, -0.05) is 0 Å². The number of nitro benzene ring substituents is 1. The minimum Gasteiger partial charge on any atom is -0.493 e. The molecular weight excluding hydrogens is 626 g/mol. The van der Waals surface area contributed by atoms with E-state index in [1.54, 1.807) is 26.0 Å². The number of rotatable bonds is 14. The first-order valence-corrected chi connectivity index (χ1v) is 15.5. The Morgan fingerprint density at radius 3 is 1.73 bits per heavy atom. The van der Waals surface area contributed by atoms with E-state index in [0.717, 1.165) is 22.3 Å².